The topological polar surface area (TPSA) is 89.2 Å². The van der Waals surface area contributed by atoms with E-state index < -0.39 is 6.10 Å². The number of hydrogen-bond donors (Lipinski definition) is 1. The summed E-state index contributed by atoms with van der Waals surface area (Å²) in [6, 6.07) is 8.67. The molecule has 7 nitrogen and oxygen atoms in total. The first-order chi connectivity index (χ1) is 11.5. The first-order valence-corrected chi connectivity index (χ1v) is 7.55. The highest BCUT2D eigenvalue weighted by molar-refractivity contribution is 5.93. The summed E-state index contributed by atoms with van der Waals surface area (Å²) in [7, 11) is 1.48. The van der Waals surface area contributed by atoms with Gasteiger partial charge in [0.15, 0.2) is 17.6 Å². The Kier molecular flexibility index (Phi) is 5.42. The molecule has 0 saturated carbocycles. The molecule has 7 heteroatoms. The van der Waals surface area contributed by atoms with E-state index in [2.05, 4.69) is 10.4 Å². The van der Waals surface area contributed by atoms with Crippen LogP contribution < -0.4 is 14.8 Å². The summed E-state index contributed by atoms with van der Waals surface area (Å²) < 4.78 is 12.6. The van der Waals surface area contributed by atoms with Gasteiger partial charge in [0.05, 0.1) is 24.9 Å². The van der Waals surface area contributed by atoms with Crippen LogP contribution in [0, 0.1) is 11.3 Å². The molecule has 1 amide bonds. The van der Waals surface area contributed by atoms with Gasteiger partial charge in [-0.25, -0.2) is 4.68 Å². The summed E-state index contributed by atoms with van der Waals surface area (Å²) in [5.41, 5.74) is 0.456. The average Bonchev–Trinajstić information content (AvgIpc) is 3.03. The number of carbonyl (C=O) groups excluding carboxylic acids is 1. The minimum atomic E-state index is -0.748. The molecule has 0 aliphatic rings. The molecule has 0 radical (unpaired) electrons. The Hall–Kier alpha value is -3.01. The molecule has 1 aromatic heterocycles. The Morgan fingerprint density at radius 2 is 2.04 bits per heavy atom. The fourth-order valence-corrected chi connectivity index (χ4v) is 2.13. The van der Waals surface area contributed by atoms with E-state index >= 15 is 0 Å². The summed E-state index contributed by atoms with van der Waals surface area (Å²) in [5.74, 6) is 1.11. The quantitative estimate of drug-likeness (QED) is 0.880. The van der Waals surface area contributed by atoms with Gasteiger partial charge in [0, 0.05) is 18.2 Å². The maximum Gasteiger partial charge on any atom is 0.266 e. The number of benzene rings is 1. The standard InChI is InChI=1S/C17H20N4O3/c1-11(2)21-16(7-8-19-21)20-17(22)12(3)24-14-6-5-13(10-18)9-15(14)23-4/h5-9,11-12H,1-4H3,(H,20,22)/t12-/m1/s1. The summed E-state index contributed by atoms with van der Waals surface area (Å²) >= 11 is 0. The third-order valence-corrected chi connectivity index (χ3v) is 3.38. The zero-order valence-electron chi connectivity index (χ0n) is 14.1. The molecule has 1 heterocycles. The smallest absolute Gasteiger partial charge is 0.266 e. The molecule has 2 aromatic rings. The molecule has 0 spiro atoms. The molecule has 126 valence electrons. The fraction of sp³-hybridized carbons (Fsp3) is 0.353. The number of carbonyl (C=O) groups is 1. The van der Waals surface area contributed by atoms with Gasteiger partial charge in [0.25, 0.3) is 5.91 Å². The van der Waals surface area contributed by atoms with Crippen molar-refractivity contribution >= 4 is 11.7 Å². The second-order valence-electron chi connectivity index (χ2n) is 5.48. The second-order valence-corrected chi connectivity index (χ2v) is 5.48. The van der Waals surface area contributed by atoms with Crippen molar-refractivity contribution in [2.75, 3.05) is 12.4 Å². The van der Waals surface area contributed by atoms with Crippen molar-refractivity contribution in [3.8, 4) is 17.6 Å². The van der Waals surface area contributed by atoms with E-state index in [4.69, 9.17) is 14.7 Å². The predicted molar refractivity (Wildman–Crippen MR) is 89.0 cm³/mol. The largest absolute Gasteiger partial charge is 0.493 e. The van der Waals surface area contributed by atoms with Crippen molar-refractivity contribution in [2.45, 2.75) is 32.9 Å². The van der Waals surface area contributed by atoms with Crippen LogP contribution in [0.3, 0.4) is 0 Å². The zero-order chi connectivity index (χ0) is 17.7. The van der Waals surface area contributed by atoms with Crippen molar-refractivity contribution < 1.29 is 14.3 Å². The lowest BCUT2D eigenvalue weighted by Crippen LogP contribution is -2.31. The van der Waals surface area contributed by atoms with Crippen molar-refractivity contribution in [3.63, 3.8) is 0 Å². The van der Waals surface area contributed by atoms with Crippen molar-refractivity contribution in [1.29, 1.82) is 5.26 Å². The van der Waals surface area contributed by atoms with Gasteiger partial charge in [-0.2, -0.15) is 10.4 Å². The summed E-state index contributed by atoms with van der Waals surface area (Å²) in [4.78, 5) is 12.3. The molecular weight excluding hydrogens is 308 g/mol. The maximum atomic E-state index is 12.3. The maximum absolute atomic E-state index is 12.3. The van der Waals surface area contributed by atoms with Crippen LogP contribution in [0.5, 0.6) is 11.5 Å². The lowest BCUT2D eigenvalue weighted by molar-refractivity contribution is -0.122. The minimum Gasteiger partial charge on any atom is -0.493 e. The van der Waals surface area contributed by atoms with Crippen LogP contribution in [-0.4, -0.2) is 28.9 Å². The number of hydrogen-bond acceptors (Lipinski definition) is 5. The number of anilines is 1. The highest BCUT2D eigenvalue weighted by Crippen LogP contribution is 2.29. The molecule has 0 fully saturated rings. The van der Waals surface area contributed by atoms with E-state index in [1.807, 2.05) is 19.9 Å². The number of rotatable bonds is 6. The van der Waals surface area contributed by atoms with Crippen molar-refractivity contribution in [1.82, 2.24) is 9.78 Å². The SMILES string of the molecule is COc1cc(C#N)ccc1O[C@H](C)C(=O)Nc1ccnn1C(C)C. The first-order valence-electron chi connectivity index (χ1n) is 7.55. The molecule has 24 heavy (non-hydrogen) atoms. The predicted octanol–water partition coefficient (Wildman–Crippen LogP) is 2.75. The van der Waals surface area contributed by atoms with Crippen LogP contribution in [0.2, 0.25) is 0 Å². The number of nitrogens with one attached hydrogen (secondary N) is 1. The Labute approximate surface area is 140 Å². The fourth-order valence-electron chi connectivity index (χ4n) is 2.13. The molecule has 2 rings (SSSR count). The number of amides is 1. The lowest BCUT2D eigenvalue weighted by atomic mass is 10.2. The minimum absolute atomic E-state index is 0.130. The van der Waals surface area contributed by atoms with Crippen LogP contribution in [-0.2, 0) is 4.79 Å². The van der Waals surface area contributed by atoms with Crippen molar-refractivity contribution in [3.05, 3.63) is 36.0 Å². The molecule has 1 atom stereocenters. The van der Waals surface area contributed by atoms with E-state index in [1.165, 1.54) is 7.11 Å². The van der Waals surface area contributed by atoms with Gasteiger partial charge in [0.2, 0.25) is 0 Å². The number of methoxy groups -OCH3 is 1. The zero-order valence-corrected chi connectivity index (χ0v) is 14.1. The normalized spacial score (nSPS) is 11.7. The average molecular weight is 328 g/mol. The second kappa shape index (κ2) is 7.51. The van der Waals surface area contributed by atoms with Gasteiger partial charge in [-0.05, 0) is 32.9 Å². The van der Waals surface area contributed by atoms with Crippen molar-refractivity contribution in [2.24, 2.45) is 0 Å². The van der Waals surface area contributed by atoms with E-state index in [0.29, 0.717) is 22.9 Å². The van der Waals surface area contributed by atoms with Gasteiger partial charge < -0.3 is 14.8 Å². The number of aromatic nitrogens is 2. The lowest BCUT2D eigenvalue weighted by Gasteiger charge is -2.18. The van der Waals surface area contributed by atoms with E-state index in [0.717, 1.165) is 0 Å². The number of nitriles is 1. The Morgan fingerprint density at radius 3 is 2.67 bits per heavy atom. The van der Waals surface area contributed by atoms with Gasteiger partial charge in [-0.3, -0.25) is 4.79 Å². The van der Waals surface area contributed by atoms with E-state index in [1.54, 1.807) is 42.1 Å². The summed E-state index contributed by atoms with van der Waals surface area (Å²) in [5, 5.41) is 15.9. The highest BCUT2D eigenvalue weighted by atomic mass is 16.5. The van der Waals surface area contributed by atoms with Gasteiger partial charge in [-0.1, -0.05) is 0 Å². The molecule has 0 aliphatic carbocycles. The summed E-state index contributed by atoms with van der Waals surface area (Å²) in [6.07, 6.45) is 0.882. The van der Waals surface area contributed by atoms with E-state index in [-0.39, 0.29) is 11.9 Å². The molecule has 1 N–H and O–H groups in total. The first kappa shape index (κ1) is 17.3. The Morgan fingerprint density at radius 1 is 1.29 bits per heavy atom. The number of ether oxygens (including phenoxy) is 2. The third kappa shape index (κ3) is 3.84. The van der Waals surface area contributed by atoms with Crippen LogP contribution in [0.25, 0.3) is 0 Å². The van der Waals surface area contributed by atoms with Crippen LogP contribution in [0.4, 0.5) is 5.82 Å². The molecule has 0 bridgehead atoms. The third-order valence-electron chi connectivity index (χ3n) is 3.38. The van der Waals surface area contributed by atoms with Crippen LogP contribution in [0.1, 0.15) is 32.4 Å². The highest BCUT2D eigenvalue weighted by Gasteiger charge is 2.19. The van der Waals surface area contributed by atoms with Crippen LogP contribution in [0.15, 0.2) is 30.5 Å². The molecule has 0 aliphatic heterocycles. The summed E-state index contributed by atoms with van der Waals surface area (Å²) in [6.45, 7) is 5.59. The van der Waals surface area contributed by atoms with Gasteiger partial charge >= 0.3 is 0 Å². The molecule has 0 saturated heterocycles. The Bertz CT molecular complexity index is 761. The molecule has 0 unspecified atom stereocenters. The Balaban J connectivity index is 2.09. The molecular formula is C17H20N4O3. The monoisotopic (exact) mass is 328 g/mol. The number of nitrogens with zero attached hydrogens (tertiary/aromatic N) is 3. The van der Waals surface area contributed by atoms with Crippen LogP contribution >= 0.6 is 0 Å². The molecule has 1 aromatic carbocycles. The van der Waals surface area contributed by atoms with Gasteiger partial charge in [-0.15, -0.1) is 0 Å². The van der Waals surface area contributed by atoms with Gasteiger partial charge in [0.1, 0.15) is 5.82 Å². The van der Waals surface area contributed by atoms with E-state index in [9.17, 15) is 4.79 Å².